The molecule has 11 heteroatoms. The van der Waals surface area contributed by atoms with Crippen molar-refractivity contribution in [3.8, 4) is 5.75 Å². The highest BCUT2D eigenvalue weighted by molar-refractivity contribution is 7.89. The molecule has 0 fully saturated rings. The van der Waals surface area contributed by atoms with Crippen LogP contribution < -0.4 is 14.8 Å². The highest BCUT2D eigenvalue weighted by Crippen LogP contribution is 2.28. The molecule has 0 aliphatic rings. The zero-order valence-electron chi connectivity index (χ0n) is 16.6. The lowest BCUT2D eigenvalue weighted by atomic mass is 10.2. The van der Waals surface area contributed by atoms with Crippen molar-refractivity contribution >= 4 is 27.3 Å². The van der Waals surface area contributed by atoms with E-state index in [9.17, 15) is 23.3 Å². The van der Waals surface area contributed by atoms with Crippen LogP contribution in [0.5, 0.6) is 5.75 Å². The Bertz CT molecular complexity index is 1220. The number of carbonyl (C=O) groups excluding carboxylic acids is 1. The number of nitro groups is 1. The van der Waals surface area contributed by atoms with Gasteiger partial charge in [-0.25, -0.2) is 13.1 Å². The van der Waals surface area contributed by atoms with E-state index < -0.39 is 20.9 Å². The van der Waals surface area contributed by atoms with Crippen molar-refractivity contribution in [2.45, 2.75) is 18.4 Å². The Morgan fingerprint density at radius 3 is 2.48 bits per heavy atom. The summed E-state index contributed by atoms with van der Waals surface area (Å²) in [5.41, 5.74) is 0.949. The Morgan fingerprint density at radius 2 is 1.84 bits per heavy atom. The van der Waals surface area contributed by atoms with Crippen molar-refractivity contribution in [2.75, 3.05) is 12.4 Å². The Morgan fingerprint density at radius 1 is 1.13 bits per heavy atom. The monoisotopic (exact) mass is 445 g/mol. The van der Waals surface area contributed by atoms with Crippen molar-refractivity contribution in [3.63, 3.8) is 0 Å². The van der Waals surface area contributed by atoms with E-state index in [2.05, 4.69) is 10.0 Å². The Balaban J connectivity index is 1.64. The van der Waals surface area contributed by atoms with Gasteiger partial charge in [0.15, 0.2) is 11.5 Å². The van der Waals surface area contributed by atoms with Crippen LogP contribution in [0.25, 0.3) is 0 Å². The minimum absolute atomic E-state index is 0.00364. The maximum atomic E-state index is 12.4. The first kappa shape index (κ1) is 22.0. The zero-order valence-corrected chi connectivity index (χ0v) is 17.4. The predicted molar refractivity (Wildman–Crippen MR) is 112 cm³/mol. The number of hydrogen-bond donors (Lipinski definition) is 2. The molecular weight excluding hydrogens is 426 g/mol. The number of aryl methyl sites for hydroxylation is 1. The average Bonchev–Trinajstić information content (AvgIpc) is 3.22. The number of amides is 1. The lowest BCUT2D eigenvalue weighted by molar-refractivity contribution is -0.386. The number of anilines is 1. The van der Waals surface area contributed by atoms with Crippen molar-refractivity contribution < 1.29 is 27.3 Å². The molecule has 0 saturated carbocycles. The quantitative estimate of drug-likeness (QED) is 0.400. The van der Waals surface area contributed by atoms with Crippen LogP contribution in [-0.2, 0) is 16.6 Å². The lowest BCUT2D eigenvalue weighted by Gasteiger charge is -2.06. The highest BCUT2D eigenvalue weighted by atomic mass is 32.2. The third-order valence-corrected chi connectivity index (χ3v) is 5.69. The second-order valence-corrected chi connectivity index (χ2v) is 8.36. The molecule has 0 aliphatic heterocycles. The van der Waals surface area contributed by atoms with E-state index in [1.807, 2.05) is 0 Å². The van der Waals surface area contributed by atoms with E-state index >= 15 is 0 Å². The van der Waals surface area contributed by atoms with Crippen molar-refractivity contribution in [2.24, 2.45) is 0 Å². The zero-order chi connectivity index (χ0) is 22.6. The maximum absolute atomic E-state index is 12.4. The molecule has 162 valence electrons. The molecule has 31 heavy (non-hydrogen) atoms. The lowest BCUT2D eigenvalue weighted by Crippen LogP contribution is -2.18. The summed E-state index contributed by atoms with van der Waals surface area (Å²) < 4.78 is 36.6. The summed E-state index contributed by atoms with van der Waals surface area (Å²) in [4.78, 5) is 23.0. The number of nitrogens with one attached hydrogen (secondary N) is 2. The normalized spacial score (nSPS) is 11.2. The molecule has 3 rings (SSSR count). The fourth-order valence-corrected chi connectivity index (χ4v) is 3.38. The molecular formula is C20H19N3O7S. The summed E-state index contributed by atoms with van der Waals surface area (Å²) >= 11 is 0. The average molecular weight is 445 g/mol. The van der Waals surface area contributed by atoms with Gasteiger partial charge in [0.1, 0.15) is 12.4 Å². The summed E-state index contributed by atoms with van der Waals surface area (Å²) in [6.07, 6.45) is 0. The van der Waals surface area contributed by atoms with Crippen LogP contribution in [0.2, 0.25) is 0 Å². The fourth-order valence-electron chi connectivity index (χ4n) is 2.65. The topological polar surface area (TPSA) is 141 Å². The SMILES string of the molecule is CNS(=O)(=O)c1ccc(NC(=O)c2ccc(COc3ccc(C)cc3[N+](=O)[O-])o2)cc1. The van der Waals surface area contributed by atoms with Gasteiger partial charge in [0.05, 0.1) is 9.82 Å². The van der Waals surface area contributed by atoms with Gasteiger partial charge in [-0.15, -0.1) is 0 Å². The summed E-state index contributed by atoms with van der Waals surface area (Å²) in [6, 6.07) is 13.2. The molecule has 0 saturated heterocycles. The third kappa shape index (κ3) is 5.27. The van der Waals surface area contributed by atoms with E-state index in [0.717, 1.165) is 5.56 Å². The van der Waals surface area contributed by atoms with Gasteiger partial charge >= 0.3 is 5.69 Å². The number of carbonyl (C=O) groups is 1. The van der Waals surface area contributed by atoms with Crippen LogP contribution in [0.3, 0.4) is 0 Å². The minimum Gasteiger partial charge on any atom is -0.479 e. The van der Waals surface area contributed by atoms with Crippen LogP contribution >= 0.6 is 0 Å². The molecule has 0 unspecified atom stereocenters. The van der Waals surface area contributed by atoms with Crippen LogP contribution in [0.15, 0.2) is 63.9 Å². The molecule has 1 heterocycles. The van der Waals surface area contributed by atoms with Gasteiger partial charge < -0.3 is 14.5 Å². The first-order valence-electron chi connectivity index (χ1n) is 9.01. The first-order valence-corrected chi connectivity index (χ1v) is 10.5. The van der Waals surface area contributed by atoms with Crippen LogP contribution in [0.4, 0.5) is 11.4 Å². The molecule has 2 aromatic carbocycles. The Hall–Kier alpha value is -3.70. The Kier molecular flexibility index (Phi) is 6.37. The predicted octanol–water partition coefficient (Wildman–Crippen LogP) is 3.24. The van der Waals surface area contributed by atoms with E-state index in [1.165, 1.54) is 55.6 Å². The summed E-state index contributed by atoms with van der Waals surface area (Å²) in [7, 11) is -2.26. The highest BCUT2D eigenvalue weighted by Gasteiger charge is 2.17. The van der Waals surface area contributed by atoms with Gasteiger partial charge in [0.25, 0.3) is 5.91 Å². The van der Waals surface area contributed by atoms with Crippen LogP contribution in [0, 0.1) is 17.0 Å². The van der Waals surface area contributed by atoms with E-state index in [0.29, 0.717) is 11.4 Å². The molecule has 2 N–H and O–H groups in total. The number of ether oxygens (including phenoxy) is 1. The molecule has 0 bridgehead atoms. The fraction of sp³-hybridized carbons (Fsp3) is 0.150. The number of furan rings is 1. The number of nitrogens with zero attached hydrogens (tertiary/aromatic N) is 1. The first-order chi connectivity index (χ1) is 14.7. The van der Waals surface area contributed by atoms with E-state index in [-0.39, 0.29) is 28.7 Å². The number of benzene rings is 2. The molecule has 1 amide bonds. The molecule has 10 nitrogen and oxygen atoms in total. The molecule has 0 aliphatic carbocycles. The van der Waals surface area contributed by atoms with Crippen molar-refractivity contribution in [3.05, 3.63) is 81.8 Å². The van der Waals surface area contributed by atoms with Crippen LogP contribution in [-0.4, -0.2) is 26.3 Å². The number of sulfonamides is 1. The summed E-state index contributed by atoms with van der Waals surface area (Å²) in [5.74, 6) is -0.147. The number of rotatable bonds is 8. The van der Waals surface area contributed by atoms with Crippen molar-refractivity contribution in [1.29, 1.82) is 0 Å². The largest absolute Gasteiger partial charge is 0.479 e. The van der Waals surface area contributed by atoms with Crippen LogP contribution in [0.1, 0.15) is 21.9 Å². The Labute approximate surface area is 178 Å². The van der Waals surface area contributed by atoms with Gasteiger partial charge in [0, 0.05) is 11.8 Å². The maximum Gasteiger partial charge on any atom is 0.311 e. The summed E-state index contributed by atoms with van der Waals surface area (Å²) in [6.45, 7) is 1.63. The van der Waals surface area contributed by atoms with E-state index in [4.69, 9.17) is 9.15 Å². The molecule has 0 radical (unpaired) electrons. The smallest absolute Gasteiger partial charge is 0.311 e. The van der Waals surface area contributed by atoms with Gasteiger partial charge in [-0.3, -0.25) is 14.9 Å². The molecule has 1 aromatic heterocycles. The molecule has 0 atom stereocenters. The standard InChI is InChI=1S/C20H19N3O7S/c1-13-3-9-18(17(11-13)23(25)26)29-12-15-6-10-19(30-15)20(24)22-14-4-7-16(8-5-14)31(27,28)21-2/h3-11,21H,12H2,1-2H3,(H,22,24). The minimum atomic E-state index is -3.57. The number of nitro benzene ring substituents is 1. The second kappa shape index (κ2) is 8.98. The van der Waals surface area contributed by atoms with Crippen molar-refractivity contribution in [1.82, 2.24) is 4.72 Å². The van der Waals surface area contributed by atoms with Gasteiger partial charge in [-0.05, 0) is 62.0 Å². The van der Waals surface area contributed by atoms with Gasteiger partial charge in [0.2, 0.25) is 10.0 Å². The van der Waals surface area contributed by atoms with Gasteiger partial charge in [-0.2, -0.15) is 0 Å². The van der Waals surface area contributed by atoms with Gasteiger partial charge in [-0.1, -0.05) is 6.07 Å². The number of hydrogen-bond acceptors (Lipinski definition) is 7. The van der Waals surface area contributed by atoms with E-state index in [1.54, 1.807) is 13.0 Å². The third-order valence-electron chi connectivity index (χ3n) is 4.26. The molecule has 3 aromatic rings. The summed E-state index contributed by atoms with van der Waals surface area (Å²) in [5, 5.41) is 13.8. The second-order valence-electron chi connectivity index (χ2n) is 6.47. The molecule has 0 spiro atoms.